The molecule has 2 N–H and O–H groups in total. The summed E-state index contributed by atoms with van der Waals surface area (Å²) in [5.41, 5.74) is 6.73. The zero-order valence-corrected chi connectivity index (χ0v) is 7.89. The molecule has 0 aliphatic heterocycles. The lowest BCUT2D eigenvalue weighted by molar-refractivity contribution is 1.11. The summed E-state index contributed by atoms with van der Waals surface area (Å²) in [4.78, 5) is 3.96. The summed E-state index contributed by atoms with van der Waals surface area (Å²) < 4.78 is 0. The molecule has 1 rings (SSSR count). The lowest BCUT2D eigenvalue weighted by Gasteiger charge is -1.99. The molecule has 3 heteroatoms. The van der Waals surface area contributed by atoms with Crippen LogP contribution in [0.3, 0.4) is 0 Å². The van der Waals surface area contributed by atoms with Gasteiger partial charge in [-0.05, 0) is 29.9 Å². The van der Waals surface area contributed by atoms with Gasteiger partial charge in [0.25, 0.3) is 0 Å². The molecular weight excluding hydrogens is 168 g/mol. The van der Waals surface area contributed by atoms with Crippen molar-refractivity contribution in [1.82, 2.24) is 4.98 Å². The molecule has 12 heavy (non-hydrogen) atoms. The van der Waals surface area contributed by atoms with Crippen molar-refractivity contribution in [2.45, 2.75) is 6.42 Å². The summed E-state index contributed by atoms with van der Waals surface area (Å²) in [6.07, 6.45) is 4.79. The third-order valence-electron chi connectivity index (χ3n) is 1.55. The molecular formula is C9H14N2S. The van der Waals surface area contributed by atoms with Crippen molar-refractivity contribution >= 4 is 11.8 Å². The van der Waals surface area contributed by atoms with E-state index in [-0.39, 0.29) is 0 Å². The second kappa shape index (κ2) is 6.03. The van der Waals surface area contributed by atoms with Crippen LogP contribution >= 0.6 is 11.8 Å². The maximum Gasteiger partial charge on any atom is 0.0270 e. The molecule has 1 aromatic rings. The average Bonchev–Trinajstić information content (AvgIpc) is 2.14. The summed E-state index contributed by atoms with van der Waals surface area (Å²) in [7, 11) is 0. The maximum atomic E-state index is 5.38. The maximum absolute atomic E-state index is 5.38. The van der Waals surface area contributed by atoms with E-state index in [1.807, 2.05) is 24.2 Å². The Morgan fingerprint density at radius 3 is 2.67 bits per heavy atom. The van der Waals surface area contributed by atoms with Gasteiger partial charge in [0, 0.05) is 24.7 Å². The SMILES string of the molecule is NCCSCCc1ccncc1. The fraction of sp³-hybridized carbons (Fsp3) is 0.444. The van der Waals surface area contributed by atoms with E-state index in [9.17, 15) is 0 Å². The Labute approximate surface area is 77.6 Å². The first-order chi connectivity index (χ1) is 5.93. The van der Waals surface area contributed by atoms with Crippen molar-refractivity contribution in [3.63, 3.8) is 0 Å². The van der Waals surface area contributed by atoms with E-state index in [2.05, 4.69) is 17.1 Å². The number of nitrogens with zero attached hydrogens (tertiary/aromatic N) is 1. The molecule has 0 radical (unpaired) electrons. The number of aromatic nitrogens is 1. The Balaban J connectivity index is 2.16. The zero-order valence-electron chi connectivity index (χ0n) is 7.07. The van der Waals surface area contributed by atoms with Gasteiger partial charge in [-0.25, -0.2) is 0 Å². The van der Waals surface area contributed by atoms with Crippen LogP contribution in [-0.4, -0.2) is 23.0 Å². The van der Waals surface area contributed by atoms with E-state index < -0.39 is 0 Å². The van der Waals surface area contributed by atoms with Crippen LogP contribution in [0.4, 0.5) is 0 Å². The fourth-order valence-electron chi connectivity index (χ4n) is 0.925. The quantitative estimate of drug-likeness (QED) is 0.698. The van der Waals surface area contributed by atoms with Gasteiger partial charge in [-0.2, -0.15) is 11.8 Å². The Bertz CT molecular complexity index is 201. The summed E-state index contributed by atoms with van der Waals surface area (Å²) >= 11 is 1.90. The van der Waals surface area contributed by atoms with Crippen LogP contribution in [0.25, 0.3) is 0 Å². The van der Waals surface area contributed by atoms with Crippen LogP contribution in [0.1, 0.15) is 5.56 Å². The van der Waals surface area contributed by atoms with Crippen molar-refractivity contribution < 1.29 is 0 Å². The molecule has 0 saturated heterocycles. The topological polar surface area (TPSA) is 38.9 Å². The molecule has 0 aliphatic rings. The molecule has 66 valence electrons. The first-order valence-electron chi connectivity index (χ1n) is 4.10. The Morgan fingerprint density at radius 1 is 1.25 bits per heavy atom. The molecule has 1 aromatic heterocycles. The number of hydrogen-bond donors (Lipinski definition) is 1. The lowest BCUT2D eigenvalue weighted by Crippen LogP contribution is -2.02. The predicted octanol–water partition coefficient (Wildman–Crippen LogP) is 1.32. The smallest absolute Gasteiger partial charge is 0.0270 e. The normalized spacial score (nSPS) is 10.1. The largest absolute Gasteiger partial charge is 0.330 e. The van der Waals surface area contributed by atoms with Crippen LogP contribution < -0.4 is 5.73 Å². The van der Waals surface area contributed by atoms with Gasteiger partial charge in [0.2, 0.25) is 0 Å². The fourth-order valence-corrected chi connectivity index (χ4v) is 1.68. The Kier molecular flexibility index (Phi) is 4.80. The lowest BCUT2D eigenvalue weighted by atomic mass is 10.2. The number of aryl methyl sites for hydroxylation is 1. The standard InChI is InChI=1S/C9H14N2S/c10-4-8-12-7-3-9-1-5-11-6-2-9/h1-2,5-6H,3-4,7-8,10H2. The van der Waals surface area contributed by atoms with E-state index >= 15 is 0 Å². The van der Waals surface area contributed by atoms with Gasteiger partial charge >= 0.3 is 0 Å². The van der Waals surface area contributed by atoms with Crippen LogP contribution in [-0.2, 0) is 6.42 Å². The van der Waals surface area contributed by atoms with Gasteiger partial charge in [-0.15, -0.1) is 0 Å². The zero-order chi connectivity index (χ0) is 8.65. The molecule has 0 fully saturated rings. The van der Waals surface area contributed by atoms with E-state index in [0.717, 1.165) is 24.5 Å². The summed E-state index contributed by atoms with van der Waals surface area (Å²) in [5, 5.41) is 0. The minimum absolute atomic E-state index is 0.779. The first-order valence-corrected chi connectivity index (χ1v) is 5.25. The number of hydrogen-bond acceptors (Lipinski definition) is 3. The van der Waals surface area contributed by atoms with Crippen molar-refractivity contribution in [1.29, 1.82) is 0 Å². The summed E-state index contributed by atoms with van der Waals surface area (Å²) in [5.74, 6) is 2.21. The van der Waals surface area contributed by atoms with Crippen LogP contribution in [0.2, 0.25) is 0 Å². The van der Waals surface area contributed by atoms with Gasteiger partial charge in [0.1, 0.15) is 0 Å². The van der Waals surface area contributed by atoms with Crippen molar-refractivity contribution in [3.8, 4) is 0 Å². The van der Waals surface area contributed by atoms with Crippen LogP contribution in [0.5, 0.6) is 0 Å². The molecule has 0 aromatic carbocycles. The van der Waals surface area contributed by atoms with E-state index in [0.29, 0.717) is 0 Å². The molecule has 0 aliphatic carbocycles. The van der Waals surface area contributed by atoms with Crippen molar-refractivity contribution in [2.75, 3.05) is 18.1 Å². The predicted molar refractivity (Wildman–Crippen MR) is 54.3 cm³/mol. The van der Waals surface area contributed by atoms with E-state index in [1.165, 1.54) is 5.56 Å². The van der Waals surface area contributed by atoms with Gasteiger partial charge < -0.3 is 5.73 Å². The highest BCUT2D eigenvalue weighted by atomic mass is 32.2. The Morgan fingerprint density at radius 2 is 2.00 bits per heavy atom. The summed E-state index contributed by atoms with van der Waals surface area (Å²) in [6.45, 7) is 0.779. The third-order valence-corrected chi connectivity index (χ3v) is 2.56. The van der Waals surface area contributed by atoms with Crippen LogP contribution in [0, 0.1) is 0 Å². The highest BCUT2D eigenvalue weighted by Crippen LogP contribution is 2.04. The third kappa shape index (κ3) is 3.74. The minimum Gasteiger partial charge on any atom is -0.330 e. The number of pyridine rings is 1. The van der Waals surface area contributed by atoms with Gasteiger partial charge in [-0.3, -0.25) is 4.98 Å². The highest BCUT2D eigenvalue weighted by molar-refractivity contribution is 7.99. The van der Waals surface area contributed by atoms with E-state index in [1.54, 1.807) is 0 Å². The molecule has 2 nitrogen and oxygen atoms in total. The van der Waals surface area contributed by atoms with E-state index in [4.69, 9.17) is 5.73 Å². The molecule has 0 spiro atoms. The molecule has 0 bridgehead atoms. The second-order valence-corrected chi connectivity index (χ2v) is 3.73. The number of thioether (sulfide) groups is 1. The van der Waals surface area contributed by atoms with Gasteiger partial charge in [0.05, 0.1) is 0 Å². The van der Waals surface area contributed by atoms with Gasteiger partial charge in [0.15, 0.2) is 0 Å². The van der Waals surface area contributed by atoms with Gasteiger partial charge in [-0.1, -0.05) is 0 Å². The molecule has 0 saturated carbocycles. The van der Waals surface area contributed by atoms with Crippen molar-refractivity contribution in [2.24, 2.45) is 5.73 Å². The Hall–Kier alpha value is -0.540. The average molecular weight is 182 g/mol. The monoisotopic (exact) mass is 182 g/mol. The second-order valence-electron chi connectivity index (χ2n) is 2.51. The molecule has 0 amide bonds. The molecule has 0 atom stereocenters. The summed E-state index contributed by atoms with van der Waals surface area (Å²) in [6, 6.07) is 4.12. The first kappa shape index (κ1) is 9.55. The highest BCUT2D eigenvalue weighted by Gasteiger charge is 1.91. The number of rotatable bonds is 5. The minimum atomic E-state index is 0.779. The van der Waals surface area contributed by atoms with Crippen LogP contribution in [0.15, 0.2) is 24.5 Å². The molecule has 1 heterocycles. The number of nitrogens with two attached hydrogens (primary N) is 1. The molecule has 0 unspecified atom stereocenters. The van der Waals surface area contributed by atoms with Crippen molar-refractivity contribution in [3.05, 3.63) is 30.1 Å².